The lowest BCUT2D eigenvalue weighted by Gasteiger charge is -2.22. The molecular formula is C12H15N3O2. The number of aromatic nitrogens is 2. The third-order valence-corrected chi connectivity index (χ3v) is 3.43. The monoisotopic (exact) mass is 233 g/mol. The predicted octanol–water partition coefficient (Wildman–Crippen LogP) is 1.41. The maximum atomic E-state index is 11.1. The molecule has 1 unspecified atom stereocenters. The topological polar surface area (TPSA) is 66.3 Å². The highest BCUT2D eigenvalue weighted by Crippen LogP contribution is 2.38. The quantitative estimate of drug-likeness (QED) is 0.855. The van der Waals surface area contributed by atoms with Crippen LogP contribution in [0.3, 0.4) is 0 Å². The number of carbonyl (C=O) groups is 1. The minimum atomic E-state index is -0.755. The SMILES string of the molecule is O=C(O)C1CCCN1c1ccnc(C2CC2)n1. The van der Waals surface area contributed by atoms with Crippen LogP contribution in [0.25, 0.3) is 0 Å². The molecule has 2 aliphatic rings. The van der Waals surface area contributed by atoms with Gasteiger partial charge in [0.25, 0.3) is 0 Å². The zero-order chi connectivity index (χ0) is 11.8. The molecule has 17 heavy (non-hydrogen) atoms. The van der Waals surface area contributed by atoms with Gasteiger partial charge in [-0.05, 0) is 31.7 Å². The zero-order valence-electron chi connectivity index (χ0n) is 9.54. The highest BCUT2D eigenvalue weighted by atomic mass is 16.4. The molecule has 1 aromatic rings. The molecule has 2 heterocycles. The molecule has 1 atom stereocenters. The fourth-order valence-electron chi connectivity index (χ4n) is 2.36. The van der Waals surface area contributed by atoms with Gasteiger partial charge in [0.05, 0.1) is 0 Å². The Kier molecular flexibility index (Phi) is 2.46. The van der Waals surface area contributed by atoms with Crippen molar-refractivity contribution in [3.8, 4) is 0 Å². The lowest BCUT2D eigenvalue weighted by Crippen LogP contribution is -2.36. The van der Waals surface area contributed by atoms with Crippen molar-refractivity contribution in [2.75, 3.05) is 11.4 Å². The van der Waals surface area contributed by atoms with Crippen molar-refractivity contribution in [2.24, 2.45) is 0 Å². The van der Waals surface area contributed by atoms with Gasteiger partial charge in [0.2, 0.25) is 0 Å². The highest BCUT2D eigenvalue weighted by molar-refractivity contribution is 5.78. The predicted molar refractivity (Wildman–Crippen MR) is 62.0 cm³/mol. The summed E-state index contributed by atoms with van der Waals surface area (Å²) in [6.07, 6.45) is 5.68. The van der Waals surface area contributed by atoms with E-state index < -0.39 is 12.0 Å². The van der Waals surface area contributed by atoms with Gasteiger partial charge in [-0.15, -0.1) is 0 Å². The molecule has 0 radical (unpaired) electrons. The lowest BCUT2D eigenvalue weighted by atomic mass is 10.2. The van der Waals surface area contributed by atoms with Crippen LogP contribution in [0.1, 0.15) is 37.4 Å². The van der Waals surface area contributed by atoms with Crippen molar-refractivity contribution in [3.05, 3.63) is 18.1 Å². The van der Waals surface area contributed by atoms with Crippen molar-refractivity contribution in [1.29, 1.82) is 0 Å². The molecule has 0 bridgehead atoms. The summed E-state index contributed by atoms with van der Waals surface area (Å²) in [7, 11) is 0. The van der Waals surface area contributed by atoms with Gasteiger partial charge in [-0.3, -0.25) is 0 Å². The number of nitrogens with zero attached hydrogens (tertiary/aromatic N) is 3. The van der Waals surface area contributed by atoms with Crippen molar-refractivity contribution < 1.29 is 9.90 Å². The summed E-state index contributed by atoms with van der Waals surface area (Å²) in [5, 5.41) is 9.15. The van der Waals surface area contributed by atoms with E-state index in [1.807, 2.05) is 11.0 Å². The molecular weight excluding hydrogens is 218 g/mol. The Hall–Kier alpha value is -1.65. The largest absolute Gasteiger partial charge is 0.480 e. The Bertz CT molecular complexity index is 445. The molecule has 5 nitrogen and oxygen atoms in total. The van der Waals surface area contributed by atoms with E-state index in [2.05, 4.69) is 9.97 Å². The molecule has 1 aliphatic heterocycles. The summed E-state index contributed by atoms with van der Waals surface area (Å²) in [5.74, 6) is 1.39. The van der Waals surface area contributed by atoms with E-state index in [1.165, 1.54) is 0 Å². The van der Waals surface area contributed by atoms with Crippen LogP contribution in [0, 0.1) is 0 Å². The fourth-order valence-corrected chi connectivity index (χ4v) is 2.36. The van der Waals surface area contributed by atoms with Crippen LogP contribution in [-0.2, 0) is 4.79 Å². The molecule has 1 aliphatic carbocycles. The molecule has 5 heteroatoms. The van der Waals surface area contributed by atoms with E-state index in [1.54, 1.807) is 6.20 Å². The zero-order valence-corrected chi connectivity index (χ0v) is 9.54. The van der Waals surface area contributed by atoms with Crippen LogP contribution in [0.4, 0.5) is 5.82 Å². The first-order chi connectivity index (χ1) is 8.25. The third-order valence-electron chi connectivity index (χ3n) is 3.43. The number of aliphatic carboxylic acids is 1. The van der Waals surface area contributed by atoms with Crippen LogP contribution in [0.5, 0.6) is 0 Å². The van der Waals surface area contributed by atoms with Crippen LogP contribution in [0.15, 0.2) is 12.3 Å². The maximum Gasteiger partial charge on any atom is 0.326 e. The molecule has 1 N–H and O–H groups in total. The normalized spacial score (nSPS) is 24.0. The average Bonchev–Trinajstić information content (AvgIpc) is 3.06. The van der Waals surface area contributed by atoms with Crippen molar-refractivity contribution in [2.45, 2.75) is 37.6 Å². The first-order valence-corrected chi connectivity index (χ1v) is 6.08. The molecule has 1 saturated carbocycles. The number of hydrogen-bond donors (Lipinski definition) is 1. The summed E-state index contributed by atoms with van der Waals surface area (Å²) in [6.45, 7) is 0.776. The van der Waals surface area contributed by atoms with Gasteiger partial charge in [-0.2, -0.15) is 0 Å². The van der Waals surface area contributed by atoms with Crippen molar-refractivity contribution in [3.63, 3.8) is 0 Å². The molecule has 1 saturated heterocycles. The minimum absolute atomic E-state index is 0.419. The van der Waals surface area contributed by atoms with Gasteiger partial charge in [0.15, 0.2) is 0 Å². The lowest BCUT2D eigenvalue weighted by molar-refractivity contribution is -0.138. The number of rotatable bonds is 3. The van der Waals surface area contributed by atoms with Gasteiger partial charge >= 0.3 is 5.97 Å². The highest BCUT2D eigenvalue weighted by Gasteiger charge is 2.33. The minimum Gasteiger partial charge on any atom is -0.480 e. The van der Waals surface area contributed by atoms with Gasteiger partial charge < -0.3 is 10.0 Å². The van der Waals surface area contributed by atoms with Gasteiger partial charge in [-0.1, -0.05) is 0 Å². The summed E-state index contributed by atoms with van der Waals surface area (Å²) in [6, 6.07) is 1.39. The van der Waals surface area contributed by atoms with Crippen molar-refractivity contribution >= 4 is 11.8 Å². The van der Waals surface area contributed by atoms with E-state index >= 15 is 0 Å². The fraction of sp³-hybridized carbons (Fsp3) is 0.583. The third kappa shape index (κ3) is 1.97. The van der Waals surface area contributed by atoms with Gasteiger partial charge in [0.1, 0.15) is 17.7 Å². The van der Waals surface area contributed by atoms with Gasteiger partial charge in [0, 0.05) is 18.7 Å². The molecule has 3 rings (SSSR count). The molecule has 90 valence electrons. The Morgan fingerprint density at radius 1 is 1.41 bits per heavy atom. The molecule has 0 amide bonds. The van der Waals surface area contributed by atoms with E-state index in [0.717, 1.165) is 37.4 Å². The molecule has 0 spiro atoms. The standard InChI is InChI=1S/C12H15N3O2/c16-12(17)9-2-1-7-15(9)10-5-6-13-11(14-10)8-3-4-8/h5-6,8-9H,1-4,7H2,(H,16,17). The second kappa shape index (κ2) is 3.98. The number of hydrogen-bond acceptors (Lipinski definition) is 4. The Balaban J connectivity index is 1.87. The molecule has 1 aromatic heterocycles. The first-order valence-electron chi connectivity index (χ1n) is 6.08. The Labute approximate surface area is 99.5 Å². The van der Waals surface area contributed by atoms with E-state index in [0.29, 0.717) is 12.3 Å². The molecule has 2 fully saturated rings. The second-order valence-corrected chi connectivity index (χ2v) is 4.74. The summed E-state index contributed by atoms with van der Waals surface area (Å²) in [4.78, 5) is 21.8. The summed E-state index contributed by atoms with van der Waals surface area (Å²) in [5.41, 5.74) is 0. The van der Waals surface area contributed by atoms with Crippen LogP contribution in [-0.4, -0.2) is 33.6 Å². The Morgan fingerprint density at radius 3 is 2.94 bits per heavy atom. The number of anilines is 1. The number of carboxylic acids is 1. The molecule has 0 aromatic carbocycles. The average molecular weight is 233 g/mol. The second-order valence-electron chi connectivity index (χ2n) is 4.74. The van der Waals surface area contributed by atoms with Crippen LogP contribution < -0.4 is 4.90 Å². The van der Waals surface area contributed by atoms with E-state index in [-0.39, 0.29) is 0 Å². The smallest absolute Gasteiger partial charge is 0.326 e. The Morgan fingerprint density at radius 2 is 2.24 bits per heavy atom. The maximum absolute atomic E-state index is 11.1. The van der Waals surface area contributed by atoms with E-state index in [4.69, 9.17) is 5.11 Å². The van der Waals surface area contributed by atoms with Gasteiger partial charge in [-0.25, -0.2) is 14.8 Å². The van der Waals surface area contributed by atoms with E-state index in [9.17, 15) is 4.79 Å². The van der Waals surface area contributed by atoms with Crippen LogP contribution >= 0.6 is 0 Å². The summed E-state index contributed by atoms with van der Waals surface area (Å²) >= 11 is 0. The van der Waals surface area contributed by atoms with Crippen LogP contribution in [0.2, 0.25) is 0 Å². The first kappa shape index (κ1) is 10.5. The summed E-state index contributed by atoms with van der Waals surface area (Å²) < 4.78 is 0. The number of carboxylic acid groups (broad SMARTS) is 1. The van der Waals surface area contributed by atoms with Crippen molar-refractivity contribution in [1.82, 2.24) is 9.97 Å².